The van der Waals surface area contributed by atoms with Gasteiger partial charge in [-0.3, -0.25) is 4.79 Å². The summed E-state index contributed by atoms with van der Waals surface area (Å²) < 4.78 is 6.69. The Morgan fingerprint density at radius 1 is 1.45 bits per heavy atom. The van der Waals surface area contributed by atoms with Crippen LogP contribution in [-0.4, -0.2) is 29.5 Å². The van der Waals surface area contributed by atoms with Crippen LogP contribution in [0.25, 0.3) is 0 Å². The van der Waals surface area contributed by atoms with Gasteiger partial charge >= 0.3 is 0 Å². The quantitative estimate of drug-likeness (QED) is 0.829. The first-order chi connectivity index (χ1) is 9.63. The minimum atomic E-state index is -0.444. The van der Waals surface area contributed by atoms with Crippen LogP contribution < -0.4 is 4.74 Å². The molecule has 0 radical (unpaired) electrons. The topological polar surface area (TPSA) is 29.5 Å². The fourth-order valence-electron chi connectivity index (χ4n) is 2.73. The van der Waals surface area contributed by atoms with Crippen molar-refractivity contribution in [3.63, 3.8) is 0 Å². The number of ether oxygens (including phenoxy) is 1. The molecule has 4 heteroatoms. The lowest BCUT2D eigenvalue weighted by Gasteiger charge is -2.36. The van der Waals surface area contributed by atoms with Gasteiger partial charge in [0.05, 0.1) is 4.47 Å². The number of para-hydroxylation sites is 1. The van der Waals surface area contributed by atoms with Gasteiger partial charge in [-0.15, -0.1) is 0 Å². The van der Waals surface area contributed by atoms with E-state index in [9.17, 15) is 4.79 Å². The highest BCUT2D eigenvalue weighted by Crippen LogP contribution is 2.26. The number of rotatable bonds is 4. The lowest BCUT2D eigenvalue weighted by molar-refractivity contribution is -0.141. The van der Waals surface area contributed by atoms with Gasteiger partial charge in [0.15, 0.2) is 6.10 Å². The number of benzene rings is 1. The first-order valence-corrected chi connectivity index (χ1v) is 8.14. The second kappa shape index (κ2) is 7.11. The van der Waals surface area contributed by atoms with Gasteiger partial charge in [0.2, 0.25) is 0 Å². The van der Waals surface area contributed by atoms with Crippen molar-refractivity contribution in [1.29, 1.82) is 0 Å². The van der Waals surface area contributed by atoms with Crippen LogP contribution in [0.2, 0.25) is 0 Å². The molecule has 1 aliphatic heterocycles. The molecular weight excluding hydrogens is 318 g/mol. The Kier molecular flexibility index (Phi) is 5.46. The van der Waals surface area contributed by atoms with Crippen molar-refractivity contribution >= 4 is 21.8 Å². The number of nitrogens with zero attached hydrogens (tertiary/aromatic N) is 1. The molecule has 0 saturated carbocycles. The molecule has 110 valence electrons. The minimum absolute atomic E-state index is 0.104. The number of amides is 1. The summed E-state index contributed by atoms with van der Waals surface area (Å²) in [5.41, 5.74) is 0. The van der Waals surface area contributed by atoms with Crippen LogP contribution in [0, 0.1) is 0 Å². The molecule has 0 aliphatic carbocycles. The number of hydrogen-bond acceptors (Lipinski definition) is 2. The standard InChI is InChI=1S/C16H22BrNO2/c1-3-13-8-6-7-11-18(13)16(19)12(2)20-15-10-5-4-9-14(15)17/h4-5,9-10,12-13H,3,6-8,11H2,1-2H3. The Hall–Kier alpha value is -1.03. The highest BCUT2D eigenvalue weighted by atomic mass is 79.9. The molecule has 1 aromatic carbocycles. The van der Waals surface area contributed by atoms with Crippen LogP contribution in [0.4, 0.5) is 0 Å². The van der Waals surface area contributed by atoms with Crippen LogP contribution in [0.1, 0.15) is 39.5 Å². The van der Waals surface area contributed by atoms with E-state index in [2.05, 4.69) is 22.9 Å². The second-order valence-electron chi connectivity index (χ2n) is 5.28. The number of hydrogen-bond donors (Lipinski definition) is 0. The normalized spacial score (nSPS) is 20.6. The molecule has 1 amide bonds. The fraction of sp³-hybridized carbons (Fsp3) is 0.562. The summed E-state index contributed by atoms with van der Waals surface area (Å²) in [6, 6.07) is 8.01. The van der Waals surface area contributed by atoms with Crippen LogP contribution in [0.3, 0.4) is 0 Å². The maximum Gasteiger partial charge on any atom is 0.263 e. The molecule has 1 aromatic rings. The average molecular weight is 340 g/mol. The zero-order valence-corrected chi connectivity index (χ0v) is 13.7. The van der Waals surface area contributed by atoms with Crippen molar-refractivity contribution in [3.8, 4) is 5.75 Å². The van der Waals surface area contributed by atoms with Gasteiger partial charge < -0.3 is 9.64 Å². The van der Waals surface area contributed by atoms with Gasteiger partial charge in [-0.2, -0.15) is 0 Å². The zero-order valence-electron chi connectivity index (χ0n) is 12.1. The number of halogens is 1. The van der Waals surface area contributed by atoms with Crippen molar-refractivity contribution < 1.29 is 9.53 Å². The molecule has 2 unspecified atom stereocenters. The van der Waals surface area contributed by atoms with Crippen molar-refractivity contribution in [3.05, 3.63) is 28.7 Å². The Morgan fingerprint density at radius 3 is 2.90 bits per heavy atom. The van der Waals surface area contributed by atoms with Crippen LogP contribution in [-0.2, 0) is 4.79 Å². The summed E-state index contributed by atoms with van der Waals surface area (Å²) in [5, 5.41) is 0. The van der Waals surface area contributed by atoms with E-state index in [0.717, 1.165) is 36.0 Å². The predicted octanol–water partition coefficient (Wildman–Crippen LogP) is 4.01. The summed E-state index contributed by atoms with van der Waals surface area (Å²) in [5.74, 6) is 0.825. The Labute approximate surface area is 129 Å². The van der Waals surface area contributed by atoms with Crippen LogP contribution in [0.5, 0.6) is 5.75 Å². The van der Waals surface area contributed by atoms with E-state index < -0.39 is 6.10 Å². The van der Waals surface area contributed by atoms with Crippen LogP contribution >= 0.6 is 15.9 Å². The second-order valence-corrected chi connectivity index (χ2v) is 6.13. The smallest absolute Gasteiger partial charge is 0.263 e. The number of carbonyl (C=O) groups is 1. The van der Waals surface area contributed by atoms with E-state index in [0.29, 0.717) is 6.04 Å². The summed E-state index contributed by atoms with van der Waals surface area (Å²) in [6.45, 7) is 4.85. The molecule has 1 aliphatic rings. The van der Waals surface area contributed by atoms with E-state index in [1.165, 1.54) is 6.42 Å². The largest absolute Gasteiger partial charge is 0.480 e. The zero-order chi connectivity index (χ0) is 14.5. The van der Waals surface area contributed by atoms with E-state index in [-0.39, 0.29) is 5.91 Å². The van der Waals surface area contributed by atoms with Gasteiger partial charge in [0.25, 0.3) is 5.91 Å². The number of piperidine rings is 1. The van der Waals surface area contributed by atoms with E-state index in [1.54, 1.807) is 0 Å². The molecule has 0 aromatic heterocycles. The lowest BCUT2D eigenvalue weighted by atomic mass is 9.99. The summed E-state index contributed by atoms with van der Waals surface area (Å²) in [6.07, 6.45) is 4.02. The van der Waals surface area contributed by atoms with E-state index in [4.69, 9.17) is 4.74 Å². The molecule has 1 heterocycles. The SMILES string of the molecule is CCC1CCCCN1C(=O)C(C)Oc1ccccc1Br. The molecule has 20 heavy (non-hydrogen) atoms. The molecular formula is C16H22BrNO2. The van der Waals surface area contributed by atoms with Crippen molar-refractivity contribution in [2.45, 2.75) is 51.7 Å². The highest BCUT2D eigenvalue weighted by Gasteiger charge is 2.29. The van der Waals surface area contributed by atoms with Gasteiger partial charge in [0.1, 0.15) is 5.75 Å². The Balaban J connectivity index is 2.03. The summed E-state index contributed by atoms with van der Waals surface area (Å²) in [4.78, 5) is 14.6. The van der Waals surface area contributed by atoms with Crippen molar-refractivity contribution in [2.24, 2.45) is 0 Å². The molecule has 0 N–H and O–H groups in total. The molecule has 1 fully saturated rings. The molecule has 1 saturated heterocycles. The first-order valence-electron chi connectivity index (χ1n) is 7.35. The third-order valence-corrected chi connectivity index (χ3v) is 4.52. The van der Waals surface area contributed by atoms with E-state index >= 15 is 0 Å². The van der Waals surface area contributed by atoms with Gasteiger partial charge in [-0.05, 0) is 60.7 Å². The first kappa shape index (κ1) is 15.4. The third-order valence-electron chi connectivity index (χ3n) is 3.87. The Bertz CT molecular complexity index is 464. The minimum Gasteiger partial charge on any atom is -0.480 e. The van der Waals surface area contributed by atoms with Gasteiger partial charge in [-0.1, -0.05) is 19.1 Å². The monoisotopic (exact) mass is 339 g/mol. The lowest BCUT2D eigenvalue weighted by Crippen LogP contribution is -2.48. The number of likely N-dealkylation sites (tertiary alicyclic amines) is 1. The third kappa shape index (κ3) is 3.54. The van der Waals surface area contributed by atoms with Gasteiger partial charge in [-0.25, -0.2) is 0 Å². The molecule has 2 atom stereocenters. The van der Waals surface area contributed by atoms with Crippen LogP contribution in [0.15, 0.2) is 28.7 Å². The van der Waals surface area contributed by atoms with Crippen molar-refractivity contribution in [2.75, 3.05) is 6.54 Å². The van der Waals surface area contributed by atoms with Gasteiger partial charge in [0, 0.05) is 12.6 Å². The predicted molar refractivity (Wildman–Crippen MR) is 83.9 cm³/mol. The maximum absolute atomic E-state index is 12.6. The summed E-state index contributed by atoms with van der Waals surface area (Å²) >= 11 is 3.45. The maximum atomic E-state index is 12.6. The average Bonchev–Trinajstić information content (AvgIpc) is 2.48. The highest BCUT2D eigenvalue weighted by molar-refractivity contribution is 9.10. The summed E-state index contributed by atoms with van der Waals surface area (Å²) in [7, 11) is 0. The van der Waals surface area contributed by atoms with Crippen molar-refractivity contribution in [1.82, 2.24) is 4.90 Å². The fourth-order valence-corrected chi connectivity index (χ4v) is 3.11. The number of carbonyl (C=O) groups excluding carboxylic acids is 1. The molecule has 2 rings (SSSR count). The molecule has 0 spiro atoms. The molecule has 0 bridgehead atoms. The molecule has 3 nitrogen and oxygen atoms in total. The Morgan fingerprint density at radius 2 is 2.20 bits per heavy atom. The van der Waals surface area contributed by atoms with E-state index in [1.807, 2.05) is 36.1 Å².